The van der Waals surface area contributed by atoms with Crippen LogP contribution in [0, 0.1) is 23.7 Å². The summed E-state index contributed by atoms with van der Waals surface area (Å²) in [5, 5.41) is 3.00. The molecule has 4 saturated carbocycles. The average Bonchev–Trinajstić information content (AvgIpc) is 2.52. The SMILES string of the molecule is CCOC(=O)N[C@@H]1C2C[C@H]3C1[C@@H]3C2. The molecular formula is C10H15NO2. The Labute approximate surface area is 77.8 Å². The highest BCUT2D eigenvalue weighted by Crippen LogP contribution is 2.70. The number of amides is 1. The molecule has 3 nitrogen and oxygen atoms in total. The summed E-state index contributed by atoms with van der Waals surface area (Å²) >= 11 is 0. The maximum Gasteiger partial charge on any atom is 0.407 e. The van der Waals surface area contributed by atoms with Crippen molar-refractivity contribution in [3.63, 3.8) is 0 Å². The Morgan fingerprint density at radius 2 is 2.15 bits per heavy atom. The van der Waals surface area contributed by atoms with Gasteiger partial charge in [-0.1, -0.05) is 0 Å². The minimum absolute atomic E-state index is 0.217. The molecule has 0 heterocycles. The van der Waals surface area contributed by atoms with Gasteiger partial charge in [-0.05, 0) is 43.4 Å². The van der Waals surface area contributed by atoms with Gasteiger partial charge in [0.15, 0.2) is 0 Å². The molecule has 0 radical (unpaired) electrons. The van der Waals surface area contributed by atoms with Crippen molar-refractivity contribution < 1.29 is 9.53 Å². The number of alkyl carbamates (subject to hydrolysis) is 1. The molecule has 4 bridgehead atoms. The van der Waals surface area contributed by atoms with E-state index in [9.17, 15) is 4.79 Å². The van der Waals surface area contributed by atoms with Gasteiger partial charge in [0.2, 0.25) is 0 Å². The third-order valence-electron chi connectivity index (χ3n) is 4.03. The van der Waals surface area contributed by atoms with E-state index in [4.69, 9.17) is 4.74 Å². The Hall–Kier alpha value is -0.730. The average molecular weight is 181 g/mol. The van der Waals surface area contributed by atoms with Gasteiger partial charge in [-0.2, -0.15) is 0 Å². The van der Waals surface area contributed by atoms with Gasteiger partial charge in [0.25, 0.3) is 0 Å². The summed E-state index contributed by atoms with van der Waals surface area (Å²) in [6.07, 6.45) is 2.49. The number of carbonyl (C=O) groups excluding carboxylic acids is 1. The third-order valence-corrected chi connectivity index (χ3v) is 4.03. The Kier molecular flexibility index (Phi) is 1.41. The molecule has 4 aliphatic rings. The highest BCUT2D eigenvalue weighted by atomic mass is 16.5. The van der Waals surface area contributed by atoms with Crippen LogP contribution >= 0.6 is 0 Å². The zero-order valence-electron chi connectivity index (χ0n) is 7.82. The predicted molar refractivity (Wildman–Crippen MR) is 47.1 cm³/mol. The van der Waals surface area contributed by atoms with Crippen molar-refractivity contribution in [1.82, 2.24) is 5.32 Å². The first kappa shape index (κ1) is 7.65. The van der Waals surface area contributed by atoms with Crippen molar-refractivity contribution in [1.29, 1.82) is 0 Å². The second-order valence-corrected chi connectivity index (χ2v) is 4.53. The fourth-order valence-corrected chi connectivity index (χ4v) is 3.60. The van der Waals surface area contributed by atoms with Crippen molar-refractivity contribution in [3.05, 3.63) is 0 Å². The molecule has 0 aliphatic heterocycles. The largest absolute Gasteiger partial charge is 0.450 e. The lowest BCUT2D eigenvalue weighted by Crippen LogP contribution is -2.37. The molecule has 4 rings (SSSR count). The molecule has 3 atom stereocenters. The van der Waals surface area contributed by atoms with Gasteiger partial charge >= 0.3 is 6.09 Å². The second-order valence-electron chi connectivity index (χ2n) is 4.53. The van der Waals surface area contributed by atoms with E-state index in [0.29, 0.717) is 12.6 Å². The molecule has 72 valence electrons. The normalized spacial score (nSPS) is 49.2. The molecule has 1 N–H and O–H groups in total. The molecule has 0 spiro atoms. The lowest BCUT2D eigenvalue weighted by atomic mass is 10.1. The summed E-state index contributed by atoms with van der Waals surface area (Å²) in [7, 11) is 0. The number of carbonyl (C=O) groups is 1. The molecule has 0 aromatic rings. The van der Waals surface area contributed by atoms with Gasteiger partial charge in [-0.15, -0.1) is 0 Å². The highest BCUT2D eigenvalue weighted by Gasteiger charge is 2.68. The zero-order valence-corrected chi connectivity index (χ0v) is 7.82. The molecule has 0 saturated heterocycles. The van der Waals surface area contributed by atoms with Crippen molar-refractivity contribution in [2.75, 3.05) is 6.61 Å². The van der Waals surface area contributed by atoms with Gasteiger partial charge in [0.05, 0.1) is 6.61 Å². The van der Waals surface area contributed by atoms with Crippen LogP contribution in [0.2, 0.25) is 0 Å². The van der Waals surface area contributed by atoms with Crippen LogP contribution in [0.4, 0.5) is 4.79 Å². The van der Waals surface area contributed by atoms with Gasteiger partial charge < -0.3 is 10.1 Å². The predicted octanol–water partition coefficient (Wildman–Crippen LogP) is 1.39. The molecule has 1 amide bonds. The molecule has 0 aromatic carbocycles. The van der Waals surface area contributed by atoms with E-state index < -0.39 is 0 Å². The second kappa shape index (κ2) is 2.40. The molecule has 0 unspecified atom stereocenters. The summed E-state index contributed by atoms with van der Waals surface area (Å²) in [6.45, 7) is 2.31. The number of rotatable bonds is 2. The van der Waals surface area contributed by atoms with Crippen LogP contribution in [-0.2, 0) is 4.74 Å². The fraction of sp³-hybridized carbons (Fsp3) is 0.900. The van der Waals surface area contributed by atoms with E-state index in [-0.39, 0.29) is 6.09 Å². The van der Waals surface area contributed by atoms with Crippen LogP contribution in [0.5, 0.6) is 0 Å². The smallest absolute Gasteiger partial charge is 0.407 e. The van der Waals surface area contributed by atoms with Crippen molar-refractivity contribution in [3.8, 4) is 0 Å². The van der Waals surface area contributed by atoms with E-state index in [1.807, 2.05) is 6.92 Å². The Balaban J connectivity index is 1.60. The summed E-state index contributed by atoms with van der Waals surface area (Å²) in [5.41, 5.74) is 0. The van der Waals surface area contributed by atoms with Crippen LogP contribution in [0.1, 0.15) is 19.8 Å². The molecule has 0 aromatic heterocycles. The van der Waals surface area contributed by atoms with Crippen molar-refractivity contribution in [2.45, 2.75) is 25.8 Å². The number of hydrogen-bond acceptors (Lipinski definition) is 2. The van der Waals surface area contributed by atoms with E-state index in [1.54, 1.807) is 0 Å². The quantitative estimate of drug-likeness (QED) is 0.699. The van der Waals surface area contributed by atoms with Crippen molar-refractivity contribution >= 4 is 6.09 Å². The maximum absolute atomic E-state index is 11.2. The van der Waals surface area contributed by atoms with Crippen LogP contribution in [0.15, 0.2) is 0 Å². The molecule has 4 aliphatic carbocycles. The van der Waals surface area contributed by atoms with E-state index >= 15 is 0 Å². The number of hydrogen-bond donors (Lipinski definition) is 1. The monoisotopic (exact) mass is 181 g/mol. The van der Waals surface area contributed by atoms with E-state index in [0.717, 1.165) is 23.7 Å². The summed E-state index contributed by atoms with van der Waals surface area (Å²) in [4.78, 5) is 11.2. The van der Waals surface area contributed by atoms with Gasteiger partial charge in [-0.25, -0.2) is 4.79 Å². The van der Waals surface area contributed by atoms with Crippen LogP contribution in [0.3, 0.4) is 0 Å². The van der Waals surface area contributed by atoms with E-state index in [2.05, 4.69) is 5.32 Å². The molecule has 4 fully saturated rings. The number of ether oxygens (including phenoxy) is 1. The highest BCUT2D eigenvalue weighted by molar-refractivity contribution is 5.68. The molecule has 3 heteroatoms. The van der Waals surface area contributed by atoms with E-state index in [1.165, 1.54) is 12.8 Å². The summed E-state index contributed by atoms with van der Waals surface area (Å²) in [5.74, 6) is 3.49. The first-order valence-electron chi connectivity index (χ1n) is 5.24. The van der Waals surface area contributed by atoms with Gasteiger partial charge in [-0.3, -0.25) is 0 Å². The van der Waals surface area contributed by atoms with Crippen LogP contribution in [-0.4, -0.2) is 18.7 Å². The standard InChI is InChI=1S/C10H15NO2/c1-2-13-10(12)11-9-5-3-6-7(4-5)8(6)9/h5-9H,2-4H2,1H3,(H,11,12)/t5?,6-,7-,8?,9-/m1/s1. The first-order chi connectivity index (χ1) is 6.31. The minimum Gasteiger partial charge on any atom is -0.450 e. The zero-order chi connectivity index (χ0) is 9.00. The Morgan fingerprint density at radius 1 is 1.46 bits per heavy atom. The van der Waals surface area contributed by atoms with Crippen molar-refractivity contribution in [2.24, 2.45) is 23.7 Å². The van der Waals surface area contributed by atoms with Gasteiger partial charge in [0.1, 0.15) is 0 Å². The fourth-order valence-electron chi connectivity index (χ4n) is 3.60. The maximum atomic E-state index is 11.2. The Morgan fingerprint density at radius 3 is 2.62 bits per heavy atom. The summed E-state index contributed by atoms with van der Waals surface area (Å²) < 4.78 is 4.89. The third kappa shape index (κ3) is 0.930. The minimum atomic E-state index is -0.217. The lowest BCUT2D eigenvalue weighted by molar-refractivity contribution is 0.145. The first-order valence-corrected chi connectivity index (χ1v) is 5.24. The Bertz CT molecular complexity index is 239. The molecular weight excluding hydrogens is 166 g/mol. The van der Waals surface area contributed by atoms with Crippen LogP contribution in [0.25, 0.3) is 0 Å². The van der Waals surface area contributed by atoms with Gasteiger partial charge in [0, 0.05) is 6.04 Å². The topological polar surface area (TPSA) is 38.3 Å². The number of nitrogens with one attached hydrogen (secondary N) is 1. The van der Waals surface area contributed by atoms with Crippen LogP contribution < -0.4 is 5.32 Å². The lowest BCUT2D eigenvalue weighted by Gasteiger charge is -2.15. The molecule has 13 heavy (non-hydrogen) atoms. The summed E-state index contributed by atoms with van der Waals surface area (Å²) in [6, 6.07) is 0.453.